The number of hydrogen-bond donors (Lipinski definition) is 1. The molecule has 1 unspecified atom stereocenters. The molecule has 0 spiro atoms. The summed E-state index contributed by atoms with van der Waals surface area (Å²) in [6, 6.07) is 6.98. The second kappa shape index (κ2) is 7.06. The highest BCUT2D eigenvalue weighted by atomic mass is 16.5. The van der Waals surface area contributed by atoms with Crippen LogP contribution in [-0.2, 0) is 4.74 Å². The molecular weight excluding hydrogens is 234 g/mol. The van der Waals surface area contributed by atoms with Crippen molar-refractivity contribution in [2.75, 3.05) is 13.7 Å². The number of hydrogen-bond acceptors (Lipinski definition) is 2. The molecule has 0 bridgehead atoms. The summed E-state index contributed by atoms with van der Waals surface area (Å²) in [7, 11) is 2.02. The van der Waals surface area contributed by atoms with Crippen LogP contribution in [-0.4, -0.2) is 19.8 Å². The molecule has 1 aliphatic rings. The maximum Gasteiger partial charge on any atom is 0.0665 e. The van der Waals surface area contributed by atoms with Crippen LogP contribution in [0.4, 0.5) is 0 Å². The number of rotatable bonds is 5. The van der Waals surface area contributed by atoms with E-state index in [1.54, 1.807) is 0 Å². The minimum Gasteiger partial charge on any atom is -0.376 e. The van der Waals surface area contributed by atoms with Gasteiger partial charge >= 0.3 is 0 Å². The maximum absolute atomic E-state index is 6.11. The number of benzene rings is 1. The van der Waals surface area contributed by atoms with Gasteiger partial charge in [-0.05, 0) is 44.9 Å². The van der Waals surface area contributed by atoms with Crippen molar-refractivity contribution >= 4 is 0 Å². The molecule has 19 heavy (non-hydrogen) atoms. The van der Waals surface area contributed by atoms with Crippen molar-refractivity contribution in [2.45, 2.75) is 58.1 Å². The molecule has 2 rings (SSSR count). The first-order chi connectivity index (χ1) is 9.20. The van der Waals surface area contributed by atoms with Crippen LogP contribution in [0.2, 0.25) is 0 Å². The third-order valence-electron chi connectivity index (χ3n) is 4.20. The summed E-state index contributed by atoms with van der Waals surface area (Å²) in [4.78, 5) is 0. The zero-order valence-electron chi connectivity index (χ0n) is 12.5. The molecule has 0 saturated heterocycles. The van der Waals surface area contributed by atoms with Gasteiger partial charge in [0.15, 0.2) is 0 Å². The standard InChI is InChI=1S/C17H27NO/c1-13-9-10-16(14(2)11-13)17(18-3)12-19-15-7-5-4-6-8-15/h9-11,15,17-18H,4-8,12H2,1-3H3. The Labute approximate surface area is 117 Å². The normalized spacial score (nSPS) is 18.5. The van der Waals surface area contributed by atoms with E-state index in [1.165, 1.54) is 48.8 Å². The van der Waals surface area contributed by atoms with Gasteiger partial charge in [0.05, 0.1) is 18.8 Å². The summed E-state index contributed by atoms with van der Waals surface area (Å²) in [6.45, 7) is 5.11. The summed E-state index contributed by atoms with van der Waals surface area (Å²) in [5, 5.41) is 3.39. The van der Waals surface area contributed by atoms with E-state index in [2.05, 4.69) is 37.4 Å². The van der Waals surface area contributed by atoms with E-state index in [0.29, 0.717) is 12.1 Å². The zero-order chi connectivity index (χ0) is 13.7. The monoisotopic (exact) mass is 261 g/mol. The summed E-state index contributed by atoms with van der Waals surface area (Å²) in [5.74, 6) is 0. The molecule has 0 aliphatic heterocycles. The van der Waals surface area contributed by atoms with Gasteiger partial charge in [-0.3, -0.25) is 0 Å². The first kappa shape index (κ1) is 14.5. The Balaban J connectivity index is 1.95. The van der Waals surface area contributed by atoms with E-state index in [9.17, 15) is 0 Å². The average molecular weight is 261 g/mol. The lowest BCUT2D eigenvalue weighted by atomic mass is 9.97. The van der Waals surface area contributed by atoms with E-state index in [0.717, 1.165) is 6.61 Å². The third kappa shape index (κ3) is 4.05. The topological polar surface area (TPSA) is 21.3 Å². The van der Waals surface area contributed by atoms with Crippen LogP contribution >= 0.6 is 0 Å². The molecule has 1 fully saturated rings. The quantitative estimate of drug-likeness (QED) is 0.867. The lowest BCUT2D eigenvalue weighted by molar-refractivity contribution is 0.0165. The van der Waals surface area contributed by atoms with Crippen molar-refractivity contribution in [1.29, 1.82) is 0 Å². The molecule has 2 nitrogen and oxygen atoms in total. The largest absolute Gasteiger partial charge is 0.376 e. The first-order valence-corrected chi connectivity index (χ1v) is 7.56. The van der Waals surface area contributed by atoms with Gasteiger partial charge < -0.3 is 10.1 Å². The van der Waals surface area contributed by atoms with Crippen molar-refractivity contribution in [3.63, 3.8) is 0 Å². The number of aryl methyl sites for hydroxylation is 2. The fourth-order valence-corrected chi connectivity index (χ4v) is 3.01. The third-order valence-corrected chi connectivity index (χ3v) is 4.20. The van der Waals surface area contributed by atoms with E-state index in [1.807, 2.05) is 7.05 Å². The van der Waals surface area contributed by atoms with Crippen molar-refractivity contribution in [1.82, 2.24) is 5.32 Å². The fraction of sp³-hybridized carbons (Fsp3) is 0.647. The second-order valence-corrected chi connectivity index (χ2v) is 5.79. The predicted molar refractivity (Wildman–Crippen MR) is 80.5 cm³/mol. The van der Waals surface area contributed by atoms with Gasteiger partial charge in [-0.2, -0.15) is 0 Å². The van der Waals surface area contributed by atoms with Crippen LogP contribution in [0.3, 0.4) is 0 Å². The number of likely N-dealkylation sites (N-methyl/N-ethyl adjacent to an activating group) is 1. The smallest absolute Gasteiger partial charge is 0.0665 e. The maximum atomic E-state index is 6.11. The molecule has 106 valence electrons. The van der Waals surface area contributed by atoms with Crippen molar-refractivity contribution in [3.8, 4) is 0 Å². The lowest BCUT2D eigenvalue weighted by Gasteiger charge is -2.26. The van der Waals surface area contributed by atoms with Crippen molar-refractivity contribution < 1.29 is 4.74 Å². The van der Waals surface area contributed by atoms with Gasteiger partial charge in [0.1, 0.15) is 0 Å². The molecular formula is C17H27NO. The van der Waals surface area contributed by atoms with Crippen molar-refractivity contribution in [2.24, 2.45) is 0 Å². The minimum absolute atomic E-state index is 0.308. The molecule has 0 amide bonds. The Morgan fingerprint density at radius 2 is 1.95 bits per heavy atom. The van der Waals surface area contributed by atoms with Crippen LogP contribution in [0.5, 0.6) is 0 Å². The summed E-state index contributed by atoms with van der Waals surface area (Å²) < 4.78 is 6.11. The van der Waals surface area contributed by atoms with Crippen LogP contribution in [0.1, 0.15) is 54.8 Å². The molecule has 1 atom stereocenters. The predicted octanol–water partition coefficient (Wildman–Crippen LogP) is 3.91. The van der Waals surface area contributed by atoms with Gasteiger partial charge in [-0.25, -0.2) is 0 Å². The second-order valence-electron chi connectivity index (χ2n) is 5.79. The molecule has 1 aromatic rings. The molecule has 0 aromatic heterocycles. The summed E-state index contributed by atoms with van der Waals surface area (Å²) in [6.07, 6.45) is 7.01. The van der Waals surface area contributed by atoms with Gasteiger partial charge in [0, 0.05) is 0 Å². The van der Waals surface area contributed by atoms with Gasteiger partial charge in [0.2, 0.25) is 0 Å². The van der Waals surface area contributed by atoms with Gasteiger partial charge in [0.25, 0.3) is 0 Å². The van der Waals surface area contributed by atoms with Gasteiger partial charge in [-0.1, -0.05) is 43.0 Å². The number of nitrogens with one attached hydrogen (secondary N) is 1. The highest BCUT2D eigenvalue weighted by Crippen LogP contribution is 2.24. The Morgan fingerprint density at radius 3 is 2.58 bits per heavy atom. The van der Waals surface area contributed by atoms with Crippen LogP contribution in [0, 0.1) is 13.8 Å². The van der Waals surface area contributed by atoms with E-state index in [-0.39, 0.29) is 0 Å². The molecule has 1 saturated carbocycles. The molecule has 0 radical (unpaired) electrons. The lowest BCUT2D eigenvalue weighted by Crippen LogP contribution is -2.26. The van der Waals surface area contributed by atoms with E-state index in [4.69, 9.17) is 4.74 Å². The van der Waals surface area contributed by atoms with Crippen molar-refractivity contribution in [3.05, 3.63) is 34.9 Å². The first-order valence-electron chi connectivity index (χ1n) is 7.56. The van der Waals surface area contributed by atoms with Gasteiger partial charge in [-0.15, -0.1) is 0 Å². The Hall–Kier alpha value is -0.860. The number of ether oxygens (including phenoxy) is 1. The highest BCUT2D eigenvalue weighted by Gasteiger charge is 2.17. The van der Waals surface area contributed by atoms with E-state index >= 15 is 0 Å². The zero-order valence-corrected chi connectivity index (χ0v) is 12.5. The molecule has 2 heteroatoms. The fourth-order valence-electron chi connectivity index (χ4n) is 3.01. The summed E-state index contributed by atoms with van der Waals surface area (Å²) >= 11 is 0. The van der Waals surface area contributed by atoms with Crippen LogP contribution in [0.25, 0.3) is 0 Å². The van der Waals surface area contributed by atoms with E-state index < -0.39 is 0 Å². The minimum atomic E-state index is 0.308. The Bertz CT molecular complexity index is 396. The highest BCUT2D eigenvalue weighted by molar-refractivity contribution is 5.32. The molecule has 1 aliphatic carbocycles. The SMILES string of the molecule is CNC(COC1CCCCC1)c1ccc(C)cc1C. The Morgan fingerprint density at radius 1 is 1.21 bits per heavy atom. The average Bonchev–Trinajstić information content (AvgIpc) is 2.42. The molecule has 1 N–H and O–H groups in total. The van der Waals surface area contributed by atoms with Crippen LogP contribution in [0.15, 0.2) is 18.2 Å². The van der Waals surface area contributed by atoms with Crippen LogP contribution < -0.4 is 5.32 Å². The summed E-state index contributed by atoms with van der Waals surface area (Å²) in [5.41, 5.74) is 4.04. The Kier molecular flexibility index (Phi) is 5.41. The molecule has 1 aromatic carbocycles. The molecule has 0 heterocycles.